The molecule has 1 saturated heterocycles. The van der Waals surface area contributed by atoms with Crippen LogP contribution in [0.1, 0.15) is 17.3 Å². The zero-order chi connectivity index (χ0) is 14.0. The maximum atomic E-state index is 13.7. The molecule has 0 aromatic heterocycles. The molecule has 1 N–H and O–H groups in total. The van der Waals surface area contributed by atoms with Crippen molar-refractivity contribution in [3.63, 3.8) is 0 Å². The van der Waals surface area contributed by atoms with E-state index in [1.807, 2.05) is 0 Å². The fourth-order valence-electron chi connectivity index (χ4n) is 2.14. The monoisotopic (exact) mass is 287 g/mol. The van der Waals surface area contributed by atoms with Crippen molar-refractivity contribution in [1.82, 2.24) is 4.90 Å². The van der Waals surface area contributed by atoms with Crippen LogP contribution in [0.5, 0.6) is 0 Å². The molecule has 0 radical (unpaired) electrons. The van der Waals surface area contributed by atoms with Crippen molar-refractivity contribution in [2.24, 2.45) is 0 Å². The third kappa shape index (κ3) is 3.23. The minimum Gasteiger partial charge on any atom is -0.394 e. The first-order valence-corrected chi connectivity index (χ1v) is 6.39. The maximum absolute atomic E-state index is 13.7. The van der Waals surface area contributed by atoms with E-state index in [0.29, 0.717) is 11.6 Å². The van der Waals surface area contributed by atoms with Gasteiger partial charge < -0.3 is 14.7 Å². The number of nitrogens with zero attached hydrogens (tertiary/aromatic N) is 1. The highest BCUT2D eigenvalue weighted by Gasteiger charge is 2.29. The van der Waals surface area contributed by atoms with Crippen molar-refractivity contribution in [3.05, 3.63) is 34.6 Å². The summed E-state index contributed by atoms with van der Waals surface area (Å²) in [6.45, 7) is 2.23. The van der Waals surface area contributed by atoms with Crippen LogP contribution in [0.2, 0.25) is 5.02 Å². The Morgan fingerprint density at radius 3 is 3.00 bits per heavy atom. The highest BCUT2D eigenvalue weighted by molar-refractivity contribution is 6.31. The van der Waals surface area contributed by atoms with Crippen LogP contribution >= 0.6 is 11.6 Å². The van der Waals surface area contributed by atoms with E-state index in [9.17, 15) is 9.18 Å². The number of hydrogen-bond acceptors (Lipinski definition) is 3. The molecule has 1 aliphatic heterocycles. The van der Waals surface area contributed by atoms with E-state index in [1.54, 1.807) is 6.92 Å². The molecule has 2 unspecified atom stereocenters. The summed E-state index contributed by atoms with van der Waals surface area (Å²) in [5, 5.41) is 9.43. The van der Waals surface area contributed by atoms with Gasteiger partial charge in [-0.1, -0.05) is 11.6 Å². The van der Waals surface area contributed by atoms with Crippen LogP contribution in [0.25, 0.3) is 0 Å². The standard InChI is InChI=1S/C13H15ClFNO3/c1-8-5-16(6-10(7-17)19-8)13(18)11-4-9(14)2-3-12(11)15/h2-4,8,10,17H,5-7H2,1H3. The van der Waals surface area contributed by atoms with E-state index >= 15 is 0 Å². The minimum absolute atomic E-state index is 0.0571. The summed E-state index contributed by atoms with van der Waals surface area (Å²) in [4.78, 5) is 13.7. The molecular weight excluding hydrogens is 273 g/mol. The summed E-state index contributed by atoms with van der Waals surface area (Å²) in [5.41, 5.74) is -0.0571. The van der Waals surface area contributed by atoms with Crippen molar-refractivity contribution in [2.75, 3.05) is 19.7 Å². The predicted octanol–water partition coefficient (Wildman–Crippen LogP) is 1.70. The zero-order valence-corrected chi connectivity index (χ0v) is 11.2. The van der Waals surface area contributed by atoms with Crippen LogP contribution in [0.3, 0.4) is 0 Å². The van der Waals surface area contributed by atoms with Gasteiger partial charge in [-0.25, -0.2) is 4.39 Å². The largest absolute Gasteiger partial charge is 0.394 e. The Balaban J connectivity index is 2.21. The number of ether oxygens (including phenoxy) is 1. The van der Waals surface area contributed by atoms with Gasteiger partial charge in [0.25, 0.3) is 5.91 Å². The van der Waals surface area contributed by atoms with E-state index in [2.05, 4.69) is 0 Å². The molecule has 0 aliphatic carbocycles. The molecule has 6 heteroatoms. The number of rotatable bonds is 2. The predicted molar refractivity (Wildman–Crippen MR) is 68.7 cm³/mol. The molecule has 1 aromatic rings. The number of aliphatic hydroxyl groups is 1. The average Bonchev–Trinajstić information content (AvgIpc) is 2.40. The second-order valence-corrected chi connectivity index (χ2v) is 5.02. The van der Waals surface area contributed by atoms with Crippen LogP contribution in [0.15, 0.2) is 18.2 Å². The van der Waals surface area contributed by atoms with Gasteiger partial charge >= 0.3 is 0 Å². The number of halogens is 2. The molecule has 0 spiro atoms. The van der Waals surface area contributed by atoms with Crippen molar-refractivity contribution >= 4 is 17.5 Å². The molecule has 1 aliphatic rings. The summed E-state index contributed by atoms with van der Waals surface area (Å²) in [5.74, 6) is -1.04. The lowest BCUT2D eigenvalue weighted by molar-refractivity contribution is -0.0859. The molecule has 1 fully saturated rings. The van der Waals surface area contributed by atoms with Crippen LogP contribution in [-0.2, 0) is 4.74 Å². The van der Waals surface area contributed by atoms with Crippen LogP contribution in [-0.4, -0.2) is 47.8 Å². The van der Waals surface area contributed by atoms with E-state index in [1.165, 1.54) is 23.1 Å². The summed E-state index contributed by atoms with van der Waals surface area (Å²) in [6.07, 6.45) is -0.632. The summed E-state index contributed by atoms with van der Waals surface area (Å²) < 4.78 is 19.1. The Morgan fingerprint density at radius 2 is 2.32 bits per heavy atom. The number of carbonyl (C=O) groups is 1. The lowest BCUT2D eigenvalue weighted by atomic mass is 10.1. The molecule has 2 atom stereocenters. The first-order chi connectivity index (χ1) is 9.01. The van der Waals surface area contributed by atoms with Crippen LogP contribution in [0.4, 0.5) is 4.39 Å². The summed E-state index contributed by atoms with van der Waals surface area (Å²) in [7, 11) is 0. The van der Waals surface area contributed by atoms with Crippen molar-refractivity contribution in [1.29, 1.82) is 0 Å². The van der Waals surface area contributed by atoms with Crippen molar-refractivity contribution < 1.29 is 19.0 Å². The molecular formula is C13H15ClFNO3. The topological polar surface area (TPSA) is 49.8 Å². The Kier molecular flexibility index (Phi) is 4.39. The fraction of sp³-hybridized carbons (Fsp3) is 0.462. The molecule has 4 nitrogen and oxygen atoms in total. The molecule has 1 amide bonds. The summed E-state index contributed by atoms with van der Waals surface area (Å²) in [6, 6.07) is 3.88. The van der Waals surface area contributed by atoms with Gasteiger partial charge in [0, 0.05) is 18.1 Å². The van der Waals surface area contributed by atoms with E-state index in [0.717, 1.165) is 0 Å². The van der Waals surface area contributed by atoms with E-state index in [-0.39, 0.29) is 24.8 Å². The average molecular weight is 288 g/mol. The first kappa shape index (κ1) is 14.2. The lowest BCUT2D eigenvalue weighted by Gasteiger charge is -2.36. The number of hydrogen-bond donors (Lipinski definition) is 1. The highest BCUT2D eigenvalue weighted by atomic mass is 35.5. The molecule has 104 valence electrons. The van der Waals surface area contributed by atoms with Gasteiger partial charge in [0.05, 0.1) is 24.4 Å². The van der Waals surface area contributed by atoms with E-state index < -0.39 is 17.8 Å². The summed E-state index contributed by atoms with van der Waals surface area (Å²) >= 11 is 5.78. The smallest absolute Gasteiger partial charge is 0.257 e. The maximum Gasteiger partial charge on any atom is 0.257 e. The second kappa shape index (κ2) is 5.86. The van der Waals surface area contributed by atoms with Gasteiger partial charge in [0.15, 0.2) is 0 Å². The number of carbonyl (C=O) groups excluding carboxylic acids is 1. The Bertz CT molecular complexity index is 483. The SMILES string of the molecule is CC1CN(C(=O)c2cc(Cl)ccc2F)CC(CO)O1. The highest BCUT2D eigenvalue weighted by Crippen LogP contribution is 2.19. The lowest BCUT2D eigenvalue weighted by Crippen LogP contribution is -2.50. The third-order valence-corrected chi connectivity index (χ3v) is 3.21. The van der Waals surface area contributed by atoms with Crippen LogP contribution in [0, 0.1) is 5.82 Å². The molecule has 19 heavy (non-hydrogen) atoms. The quantitative estimate of drug-likeness (QED) is 0.901. The van der Waals surface area contributed by atoms with Gasteiger partial charge in [-0.05, 0) is 25.1 Å². The number of amides is 1. The zero-order valence-electron chi connectivity index (χ0n) is 10.5. The van der Waals surface area contributed by atoms with Gasteiger partial charge in [-0.2, -0.15) is 0 Å². The first-order valence-electron chi connectivity index (χ1n) is 6.02. The van der Waals surface area contributed by atoms with Gasteiger partial charge in [-0.3, -0.25) is 4.79 Å². The van der Waals surface area contributed by atoms with E-state index in [4.69, 9.17) is 21.4 Å². The minimum atomic E-state index is -0.603. The third-order valence-electron chi connectivity index (χ3n) is 2.98. The number of benzene rings is 1. The second-order valence-electron chi connectivity index (χ2n) is 4.59. The Morgan fingerprint density at radius 1 is 1.58 bits per heavy atom. The van der Waals surface area contributed by atoms with Crippen molar-refractivity contribution in [3.8, 4) is 0 Å². The fourth-order valence-corrected chi connectivity index (χ4v) is 2.32. The molecule has 1 aromatic carbocycles. The van der Waals surface area contributed by atoms with Gasteiger partial charge in [-0.15, -0.1) is 0 Å². The molecule has 0 saturated carbocycles. The van der Waals surface area contributed by atoms with Crippen molar-refractivity contribution in [2.45, 2.75) is 19.1 Å². The Hall–Kier alpha value is -1.17. The molecule has 0 bridgehead atoms. The Labute approximate surface area is 115 Å². The normalized spacial score (nSPS) is 23.5. The van der Waals surface area contributed by atoms with Crippen LogP contribution < -0.4 is 0 Å². The molecule has 1 heterocycles. The van der Waals surface area contributed by atoms with Gasteiger partial charge in [0.1, 0.15) is 5.82 Å². The number of aliphatic hydroxyl groups excluding tert-OH is 1. The molecule has 2 rings (SSSR count). The van der Waals surface area contributed by atoms with Gasteiger partial charge in [0.2, 0.25) is 0 Å². The number of morpholine rings is 1.